The summed E-state index contributed by atoms with van der Waals surface area (Å²) in [4.78, 5) is 14.7. The van der Waals surface area contributed by atoms with Gasteiger partial charge in [0, 0.05) is 6.42 Å². The van der Waals surface area contributed by atoms with E-state index in [1.165, 1.54) is 25.0 Å². The molecule has 2 N–H and O–H groups in total. The first kappa shape index (κ1) is 9.08. The predicted octanol–water partition coefficient (Wildman–Crippen LogP) is -0.419. The predicted molar refractivity (Wildman–Crippen MR) is 43.6 cm³/mol. The Morgan fingerprint density at radius 1 is 1.92 bits per heavy atom. The molecule has 0 saturated carbocycles. The van der Waals surface area contributed by atoms with E-state index in [2.05, 4.69) is 14.1 Å². The molecule has 1 heterocycles. The lowest BCUT2D eigenvalue weighted by Gasteiger charge is -2.05. The molecule has 0 aliphatic heterocycles. The van der Waals surface area contributed by atoms with Gasteiger partial charge in [-0.1, -0.05) is 0 Å². The lowest BCUT2D eigenvalue weighted by Crippen LogP contribution is -2.33. The highest BCUT2D eigenvalue weighted by Gasteiger charge is 2.15. The summed E-state index contributed by atoms with van der Waals surface area (Å²) in [6, 6.07) is -0.636. The Balaban J connectivity index is 2.47. The monoisotopic (exact) mass is 187 g/mol. The molecule has 0 aliphatic rings. The van der Waals surface area contributed by atoms with Crippen molar-refractivity contribution < 1.29 is 9.53 Å². The van der Waals surface area contributed by atoms with Crippen LogP contribution >= 0.6 is 11.5 Å². The Kier molecular flexibility index (Phi) is 3.12. The summed E-state index contributed by atoms with van der Waals surface area (Å²) in [5.74, 6) is -0.426. The SMILES string of the molecule is COC(=O)C(N)Cc1ncns1. The molecule has 0 spiro atoms. The van der Waals surface area contributed by atoms with Gasteiger partial charge in [-0.05, 0) is 11.5 Å². The molecule has 0 amide bonds. The molecule has 1 rings (SSSR count). The second-order valence-electron chi connectivity index (χ2n) is 2.17. The number of nitrogens with zero attached hydrogens (tertiary/aromatic N) is 2. The normalized spacial score (nSPS) is 12.5. The first-order valence-electron chi connectivity index (χ1n) is 3.33. The average Bonchev–Trinajstić information content (AvgIpc) is 2.55. The van der Waals surface area contributed by atoms with Crippen molar-refractivity contribution >= 4 is 17.5 Å². The van der Waals surface area contributed by atoms with Crippen molar-refractivity contribution in [1.29, 1.82) is 0 Å². The van der Waals surface area contributed by atoms with Gasteiger partial charge in [0.1, 0.15) is 17.4 Å². The minimum absolute atomic E-state index is 0.386. The molecule has 0 fully saturated rings. The summed E-state index contributed by atoms with van der Waals surface area (Å²) in [7, 11) is 1.31. The van der Waals surface area contributed by atoms with Gasteiger partial charge < -0.3 is 10.5 Å². The van der Waals surface area contributed by atoms with Crippen LogP contribution in [0.4, 0.5) is 0 Å². The van der Waals surface area contributed by atoms with Gasteiger partial charge in [-0.25, -0.2) is 4.98 Å². The van der Waals surface area contributed by atoms with E-state index in [0.717, 1.165) is 5.01 Å². The van der Waals surface area contributed by atoms with E-state index in [4.69, 9.17) is 5.73 Å². The van der Waals surface area contributed by atoms with Crippen molar-refractivity contribution in [2.24, 2.45) is 5.73 Å². The topological polar surface area (TPSA) is 78.1 Å². The van der Waals surface area contributed by atoms with Gasteiger partial charge in [-0.3, -0.25) is 4.79 Å². The molecule has 0 aromatic carbocycles. The highest BCUT2D eigenvalue weighted by atomic mass is 32.1. The molecule has 1 atom stereocenters. The summed E-state index contributed by atoms with van der Waals surface area (Å²) in [6.45, 7) is 0. The fourth-order valence-electron chi connectivity index (χ4n) is 0.709. The third-order valence-electron chi connectivity index (χ3n) is 1.31. The summed E-state index contributed by atoms with van der Waals surface area (Å²) < 4.78 is 8.24. The standard InChI is InChI=1S/C6H9N3O2S/c1-11-6(10)4(7)2-5-8-3-9-12-5/h3-4H,2,7H2,1H3. The minimum Gasteiger partial charge on any atom is -0.468 e. The Morgan fingerprint density at radius 3 is 3.17 bits per heavy atom. The van der Waals surface area contributed by atoms with Gasteiger partial charge in [0.25, 0.3) is 0 Å². The lowest BCUT2D eigenvalue weighted by atomic mass is 10.2. The van der Waals surface area contributed by atoms with E-state index in [9.17, 15) is 4.79 Å². The largest absolute Gasteiger partial charge is 0.468 e. The van der Waals surface area contributed by atoms with Crippen LogP contribution in [0.5, 0.6) is 0 Å². The maximum atomic E-state index is 10.8. The number of methoxy groups -OCH3 is 1. The van der Waals surface area contributed by atoms with Crippen LogP contribution in [0.2, 0.25) is 0 Å². The van der Waals surface area contributed by atoms with Gasteiger partial charge >= 0.3 is 5.97 Å². The molecule has 12 heavy (non-hydrogen) atoms. The van der Waals surface area contributed by atoms with Crippen molar-refractivity contribution in [1.82, 2.24) is 9.36 Å². The van der Waals surface area contributed by atoms with Gasteiger partial charge in [-0.15, -0.1) is 0 Å². The lowest BCUT2D eigenvalue weighted by molar-refractivity contribution is -0.142. The zero-order valence-corrected chi connectivity index (χ0v) is 7.37. The highest BCUT2D eigenvalue weighted by Crippen LogP contribution is 2.03. The van der Waals surface area contributed by atoms with Gasteiger partial charge in [0.05, 0.1) is 7.11 Å². The number of esters is 1. The number of ether oxygens (including phenoxy) is 1. The van der Waals surface area contributed by atoms with E-state index < -0.39 is 12.0 Å². The van der Waals surface area contributed by atoms with Gasteiger partial charge in [-0.2, -0.15) is 4.37 Å². The Hall–Kier alpha value is -1.01. The van der Waals surface area contributed by atoms with E-state index in [0.29, 0.717) is 6.42 Å². The molecule has 6 heteroatoms. The Bertz CT molecular complexity index is 249. The third kappa shape index (κ3) is 2.24. The van der Waals surface area contributed by atoms with Crippen molar-refractivity contribution in [2.75, 3.05) is 7.11 Å². The van der Waals surface area contributed by atoms with Crippen LogP contribution in [-0.4, -0.2) is 28.5 Å². The summed E-state index contributed by atoms with van der Waals surface area (Å²) in [5, 5.41) is 0.743. The van der Waals surface area contributed by atoms with Crippen molar-refractivity contribution in [3.8, 4) is 0 Å². The second kappa shape index (κ2) is 4.13. The van der Waals surface area contributed by atoms with Gasteiger partial charge in [0.2, 0.25) is 0 Å². The number of rotatable bonds is 3. The molecular formula is C6H9N3O2S. The van der Waals surface area contributed by atoms with Crippen molar-refractivity contribution in [3.05, 3.63) is 11.3 Å². The fourth-order valence-corrected chi connectivity index (χ4v) is 1.27. The maximum absolute atomic E-state index is 10.8. The smallest absolute Gasteiger partial charge is 0.323 e. The molecule has 5 nitrogen and oxygen atoms in total. The van der Waals surface area contributed by atoms with Crippen molar-refractivity contribution in [3.63, 3.8) is 0 Å². The molecular weight excluding hydrogens is 178 g/mol. The van der Waals surface area contributed by atoms with Crippen LogP contribution in [0.3, 0.4) is 0 Å². The molecule has 0 aliphatic carbocycles. The summed E-state index contributed by atoms with van der Waals surface area (Å²) in [6.07, 6.45) is 1.82. The number of hydrogen-bond donors (Lipinski definition) is 1. The highest BCUT2D eigenvalue weighted by molar-refractivity contribution is 7.05. The molecule has 1 unspecified atom stereocenters. The van der Waals surface area contributed by atoms with Crippen LogP contribution in [-0.2, 0) is 16.0 Å². The minimum atomic E-state index is -0.636. The zero-order chi connectivity index (χ0) is 8.97. The van der Waals surface area contributed by atoms with Crippen LogP contribution in [0.25, 0.3) is 0 Å². The van der Waals surface area contributed by atoms with Crippen LogP contribution in [0, 0.1) is 0 Å². The Morgan fingerprint density at radius 2 is 2.67 bits per heavy atom. The molecule has 66 valence electrons. The third-order valence-corrected chi connectivity index (χ3v) is 1.99. The summed E-state index contributed by atoms with van der Waals surface area (Å²) in [5.41, 5.74) is 5.48. The number of hydrogen-bond acceptors (Lipinski definition) is 6. The quantitative estimate of drug-likeness (QED) is 0.650. The van der Waals surface area contributed by atoms with E-state index in [-0.39, 0.29) is 0 Å². The number of aromatic nitrogens is 2. The first-order valence-corrected chi connectivity index (χ1v) is 4.10. The molecule has 1 aromatic heterocycles. The molecule has 1 aromatic rings. The van der Waals surface area contributed by atoms with Crippen molar-refractivity contribution in [2.45, 2.75) is 12.5 Å². The number of nitrogens with two attached hydrogens (primary N) is 1. The Labute approximate surface area is 73.7 Å². The molecule has 0 bridgehead atoms. The van der Waals surface area contributed by atoms with E-state index >= 15 is 0 Å². The van der Waals surface area contributed by atoms with E-state index in [1.54, 1.807) is 0 Å². The maximum Gasteiger partial charge on any atom is 0.323 e. The molecule has 0 radical (unpaired) electrons. The summed E-state index contributed by atoms with van der Waals surface area (Å²) >= 11 is 1.23. The van der Waals surface area contributed by atoms with Gasteiger partial charge in [0.15, 0.2) is 0 Å². The molecule has 0 saturated heterocycles. The first-order chi connectivity index (χ1) is 5.74. The van der Waals surface area contributed by atoms with Crippen LogP contribution in [0.15, 0.2) is 6.33 Å². The fraction of sp³-hybridized carbons (Fsp3) is 0.500. The zero-order valence-electron chi connectivity index (χ0n) is 6.56. The van der Waals surface area contributed by atoms with Crippen LogP contribution in [0.1, 0.15) is 5.01 Å². The average molecular weight is 187 g/mol. The van der Waals surface area contributed by atoms with Crippen LogP contribution < -0.4 is 5.73 Å². The second-order valence-corrected chi connectivity index (χ2v) is 3.03. The number of carbonyl (C=O) groups excluding carboxylic acids is 1. The van der Waals surface area contributed by atoms with E-state index in [1.807, 2.05) is 0 Å². The number of carbonyl (C=O) groups is 1.